The molecule has 2 rings (SSSR count). The summed E-state index contributed by atoms with van der Waals surface area (Å²) in [6.07, 6.45) is 0.860. The molecule has 0 radical (unpaired) electrons. The number of carbonyl (C=O) groups is 1. The van der Waals surface area contributed by atoms with Gasteiger partial charge in [-0.1, -0.05) is 55.5 Å². The average Bonchev–Trinajstić information content (AvgIpc) is 2.60. The minimum absolute atomic E-state index is 0.0186. The quantitative estimate of drug-likeness (QED) is 0.800. The van der Waals surface area contributed by atoms with Crippen LogP contribution in [-0.2, 0) is 21.1 Å². The molecule has 1 N–H and O–H groups in total. The third-order valence-corrected chi connectivity index (χ3v) is 5.51. The van der Waals surface area contributed by atoms with Gasteiger partial charge >= 0.3 is 0 Å². The molecule has 0 fully saturated rings. The molecule has 0 aromatic heterocycles. The number of amides is 1. The normalized spacial score (nSPS) is 12.5. The van der Waals surface area contributed by atoms with Gasteiger partial charge in [-0.15, -0.1) is 0 Å². The Labute approximate surface area is 143 Å². The summed E-state index contributed by atoms with van der Waals surface area (Å²) in [5, 5.41) is 2.82. The fourth-order valence-electron chi connectivity index (χ4n) is 2.44. The first-order valence-electron chi connectivity index (χ1n) is 8.06. The van der Waals surface area contributed by atoms with Gasteiger partial charge in [0, 0.05) is 13.0 Å². The van der Waals surface area contributed by atoms with E-state index >= 15 is 0 Å². The highest BCUT2D eigenvalue weighted by Gasteiger charge is 2.16. The fraction of sp³-hybridized carbons (Fsp3) is 0.316. The maximum atomic E-state index is 12.1. The summed E-state index contributed by atoms with van der Waals surface area (Å²) < 4.78 is 24.3. The first-order valence-corrected chi connectivity index (χ1v) is 9.71. The fourth-order valence-corrected chi connectivity index (χ4v) is 3.70. The predicted molar refractivity (Wildman–Crippen MR) is 95.4 cm³/mol. The number of hydrogen-bond acceptors (Lipinski definition) is 3. The van der Waals surface area contributed by atoms with E-state index in [1.54, 1.807) is 30.3 Å². The molecule has 0 saturated heterocycles. The molecule has 2 aromatic carbocycles. The van der Waals surface area contributed by atoms with E-state index in [9.17, 15) is 13.2 Å². The Balaban J connectivity index is 1.75. The summed E-state index contributed by atoms with van der Waals surface area (Å²) in [5.74, 6) is -0.105. The van der Waals surface area contributed by atoms with Crippen molar-refractivity contribution in [2.24, 2.45) is 5.92 Å². The molecule has 128 valence electrons. The Morgan fingerprint density at radius 3 is 2.21 bits per heavy atom. The molecule has 0 aliphatic carbocycles. The molecule has 1 amide bonds. The standard InChI is InChI=1S/C19H23NO3S/c1-16(14-17-8-4-2-5-9-17)15-20-19(21)12-13-24(22,23)18-10-6-3-7-11-18/h2-11,16H,12-15H2,1H3,(H,20,21). The summed E-state index contributed by atoms with van der Waals surface area (Å²) in [6.45, 7) is 2.60. The summed E-state index contributed by atoms with van der Waals surface area (Å²) in [5.41, 5.74) is 1.23. The number of carbonyl (C=O) groups excluding carboxylic acids is 1. The largest absolute Gasteiger partial charge is 0.356 e. The Kier molecular flexibility index (Phi) is 6.55. The van der Waals surface area contributed by atoms with Crippen LogP contribution in [0.2, 0.25) is 0 Å². The third kappa shape index (κ3) is 5.81. The van der Waals surface area contributed by atoms with Crippen molar-refractivity contribution < 1.29 is 13.2 Å². The maximum Gasteiger partial charge on any atom is 0.221 e. The second kappa shape index (κ2) is 8.64. The van der Waals surface area contributed by atoms with E-state index in [1.165, 1.54) is 5.56 Å². The van der Waals surface area contributed by atoms with Crippen molar-refractivity contribution in [3.63, 3.8) is 0 Å². The average molecular weight is 345 g/mol. The van der Waals surface area contributed by atoms with Crippen molar-refractivity contribution in [1.82, 2.24) is 5.32 Å². The van der Waals surface area contributed by atoms with Crippen LogP contribution in [0.15, 0.2) is 65.6 Å². The number of rotatable bonds is 8. The summed E-state index contributed by atoms with van der Waals surface area (Å²) in [4.78, 5) is 12.2. The lowest BCUT2D eigenvalue weighted by atomic mass is 10.0. The van der Waals surface area contributed by atoms with Crippen LogP contribution in [0.5, 0.6) is 0 Å². The molecule has 0 aliphatic rings. The van der Waals surface area contributed by atoms with Gasteiger partial charge in [0.15, 0.2) is 9.84 Å². The van der Waals surface area contributed by atoms with Crippen molar-refractivity contribution in [3.8, 4) is 0 Å². The number of benzene rings is 2. The molecule has 24 heavy (non-hydrogen) atoms. The van der Waals surface area contributed by atoms with E-state index in [0.29, 0.717) is 12.5 Å². The van der Waals surface area contributed by atoms with Crippen LogP contribution in [0.25, 0.3) is 0 Å². The van der Waals surface area contributed by atoms with Crippen molar-refractivity contribution in [1.29, 1.82) is 0 Å². The van der Waals surface area contributed by atoms with Crippen LogP contribution in [0, 0.1) is 5.92 Å². The lowest BCUT2D eigenvalue weighted by molar-refractivity contribution is -0.120. The molecule has 0 spiro atoms. The first kappa shape index (κ1) is 18.2. The highest BCUT2D eigenvalue weighted by atomic mass is 32.2. The van der Waals surface area contributed by atoms with Gasteiger partial charge < -0.3 is 5.32 Å². The molecular formula is C19H23NO3S. The van der Waals surface area contributed by atoms with E-state index in [1.807, 2.05) is 18.2 Å². The predicted octanol–water partition coefficient (Wildman–Crippen LogP) is 2.85. The van der Waals surface area contributed by atoms with Gasteiger partial charge in [-0.05, 0) is 30.0 Å². The number of sulfone groups is 1. The van der Waals surface area contributed by atoms with Crippen LogP contribution in [0.4, 0.5) is 0 Å². The Bertz CT molecular complexity index is 743. The van der Waals surface area contributed by atoms with Gasteiger partial charge in [-0.2, -0.15) is 0 Å². The molecule has 1 unspecified atom stereocenters. The summed E-state index contributed by atoms with van der Waals surface area (Å²) in [6, 6.07) is 18.3. The molecule has 0 bridgehead atoms. The highest BCUT2D eigenvalue weighted by molar-refractivity contribution is 7.91. The van der Waals surface area contributed by atoms with E-state index in [4.69, 9.17) is 0 Å². The van der Waals surface area contributed by atoms with Gasteiger partial charge in [0.1, 0.15) is 0 Å². The van der Waals surface area contributed by atoms with Crippen molar-refractivity contribution >= 4 is 15.7 Å². The highest BCUT2D eigenvalue weighted by Crippen LogP contribution is 2.11. The maximum absolute atomic E-state index is 12.1. The van der Waals surface area contributed by atoms with Gasteiger partial charge in [0.2, 0.25) is 5.91 Å². The molecule has 4 nitrogen and oxygen atoms in total. The molecule has 1 atom stereocenters. The van der Waals surface area contributed by atoms with E-state index < -0.39 is 9.84 Å². The zero-order chi connectivity index (χ0) is 17.4. The molecule has 0 heterocycles. The number of hydrogen-bond donors (Lipinski definition) is 1. The topological polar surface area (TPSA) is 63.2 Å². The lowest BCUT2D eigenvalue weighted by Crippen LogP contribution is -2.30. The molecule has 0 aliphatic heterocycles. The SMILES string of the molecule is CC(CNC(=O)CCS(=O)(=O)c1ccccc1)Cc1ccccc1. The van der Waals surface area contributed by atoms with E-state index in [0.717, 1.165) is 6.42 Å². The van der Waals surface area contributed by atoms with Gasteiger partial charge in [-0.25, -0.2) is 8.42 Å². The Morgan fingerprint density at radius 2 is 1.58 bits per heavy atom. The monoisotopic (exact) mass is 345 g/mol. The zero-order valence-corrected chi connectivity index (χ0v) is 14.6. The van der Waals surface area contributed by atoms with Crippen molar-refractivity contribution in [2.45, 2.75) is 24.7 Å². The van der Waals surface area contributed by atoms with Crippen LogP contribution in [0.1, 0.15) is 18.9 Å². The molecule has 0 saturated carbocycles. The zero-order valence-electron chi connectivity index (χ0n) is 13.8. The Hall–Kier alpha value is -2.14. The van der Waals surface area contributed by atoms with Crippen LogP contribution >= 0.6 is 0 Å². The van der Waals surface area contributed by atoms with Crippen molar-refractivity contribution in [3.05, 3.63) is 66.2 Å². The molecular weight excluding hydrogens is 322 g/mol. The van der Waals surface area contributed by atoms with E-state index in [-0.39, 0.29) is 23.0 Å². The molecule has 2 aromatic rings. The van der Waals surface area contributed by atoms with Gasteiger partial charge in [0.05, 0.1) is 10.6 Å². The minimum atomic E-state index is -3.40. The first-order chi connectivity index (χ1) is 11.5. The van der Waals surface area contributed by atoms with Crippen LogP contribution < -0.4 is 5.32 Å². The minimum Gasteiger partial charge on any atom is -0.356 e. The lowest BCUT2D eigenvalue weighted by Gasteiger charge is -2.13. The van der Waals surface area contributed by atoms with Crippen LogP contribution in [-0.4, -0.2) is 26.6 Å². The second-order valence-electron chi connectivity index (χ2n) is 5.98. The summed E-state index contributed by atoms with van der Waals surface area (Å²) in [7, 11) is -3.40. The second-order valence-corrected chi connectivity index (χ2v) is 8.09. The van der Waals surface area contributed by atoms with Gasteiger partial charge in [-0.3, -0.25) is 4.79 Å². The molecule has 5 heteroatoms. The van der Waals surface area contributed by atoms with E-state index in [2.05, 4.69) is 24.4 Å². The smallest absolute Gasteiger partial charge is 0.221 e. The van der Waals surface area contributed by atoms with Crippen LogP contribution in [0.3, 0.4) is 0 Å². The Morgan fingerprint density at radius 1 is 1.00 bits per heavy atom. The summed E-state index contributed by atoms with van der Waals surface area (Å²) >= 11 is 0. The third-order valence-electron chi connectivity index (χ3n) is 3.77. The van der Waals surface area contributed by atoms with Gasteiger partial charge in [0.25, 0.3) is 0 Å². The van der Waals surface area contributed by atoms with Crippen molar-refractivity contribution in [2.75, 3.05) is 12.3 Å². The number of nitrogens with one attached hydrogen (secondary N) is 1.